The third kappa shape index (κ3) is 14.2. The van der Waals surface area contributed by atoms with E-state index < -0.39 is 0 Å². The molecule has 8 aromatic rings. The number of β-amino-alcohol motifs (C(OH)–C–C–N with tert-alkyl or cyclic N) is 2. The van der Waals surface area contributed by atoms with E-state index in [2.05, 4.69) is 79.3 Å². The first-order chi connectivity index (χ1) is 35.7. The Labute approximate surface area is 423 Å². The van der Waals surface area contributed by atoms with Crippen LogP contribution in [0.2, 0.25) is 0 Å². The van der Waals surface area contributed by atoms with Crippen molar-refractivity contribution in [3.05, 3.63) is 121 Å². The molecule has 10 heterocycles. The highest BCUT2D eigenvalue weighted by Gasteiger charge is 2.21. The molecule has 380 valence electrons. The third-order valence-electron chi connectivity index (χ3n) is 11.9. The monoisotopic (exact) mass is 991 g/mol. The minimum absolute atomic E-state index is 0.175. The number of hydrogen-bond acceptors (Lipinski definition) is 18. The zero-order chi connectivity index (χ0) is 50.9. The van der Waals surface area contributed by atoms with Gasteiger partial charge < -0.3 is 36.8 Å². The number of carbonyl (C=O) groups is 2. The van der Waals surface area contributed by atoms with Crippen LogP contribution in [0.3, 0.4) is 0 Å². The molecule has 0 atom stereocenters. The van der Waals surface area contributed by atoms with Gasteiger partial charge in [-0.15, -0.1) is 10.2 Å². The predicted molar refractivity (Wildman–Crippen MR) is 281 cm³/mol. The van der Waals surface area contributed by atoms with Gasteiger partial charge in [-0.05, 0) is 66.1 Å². The van der Waals surface area contributed by atoms with Crippen LogP contribution in [0.25, 0.3) is 34.1 Å². The molecular formula is C51H62N18O4. The van der Waals surface area contributed by atoms with Crippen LogP contribution in [0.15, 0.2) is 110 Å². The molecule has 2 aliphatic heterocycles. The van der Waals surface area contributed by atoms with Crippen molar-refractivity contribution >= 4 is 57.5 Å². The van der Waals surface area contributed by atoms with Gasteiger partial charge in [0.2, 0.25) is 23.5 Å². The fourth-order valence-corrected chi connectivity index (χ4v) is 8.39. The third-order valence-corrected chi connectivity index (χ3v) is 11.9. The number of piperazine rings is 2. The standard InChI is InChI=1S/C25H29N9O2.C20H19N7O.C6H14N2O/c1-18(36)28-22-16-20(5-8-27-22)29-25-23-19(17-33-12-10-32(11-13-33)14-15-35)6-9-34(23)31-24(30-25)21-4-2-3-7-26-21;1-3-14-8-11-27-18(14)20(25-19(26-27)16-6-4-5-9-21-16)24-15-7-10-22-17(12-15)23-13(2)28;9-6-5-8-3-1-7-2-4-8/h2-9,16,35H,10-15,17H2,1H3,(H2,27,28,29,30,31,36);4-12H,3H2,1-2H3,(H2,22,23,24,25,26,28);7,9H,1-6H2. The van der Waals surface area contributed by atoms with Gasteiger partial charge in [0.05, 0.1) is 13.2 Å². The van der Waals surface area contributed by atoms with Crippen molar-refractivity contribution in [2.45, 2.75) is 33.7 Å². The molecule has 7 N–H and O–H groups in total. The first-order valence-electron chi connectivity index (χ1n) is 24.4. The smallest absolute Gasteiger partial charge is 0.222 e. The van der Waals surface area contributed by atoms with Crippen LogP contribution in [0.4, 0.5) is 34.6 Å². The quantitative estimate of drug-likeness (QED) is 0.0754. The van der Waals surface area contributed by atoms with E-state index in [9.17, 15) is 14.7 Å². The Balaban J connectivity index is 0.000000170. The zero-order valence-corrected chi connectivity index (χ0v) is 41.3. The summed E-state index contributed by atoms with van der Waals surface area (Å²) < 4.78 is 3.65. The zero-order valence-electron chi connectivity index (χ0n) is 41.3. The maximum atomic E-state index is 11.5. The van der Waals surface area contributed by atoms with E-state index in [4.69, 9.17) is 20.2 Å². The second-order valence-electron chi connectivity index (χ2n) is 17.2. The molecule has 2 saturated heterocycles. The number of fused-ring (bicyclic) bond motifs is 2. The lowest BCUT2D eigenvalue weighted by Crippen LogP contribution is -2.46. The summed E-state index contributed by atoms with van der Waals surface area (Å²) in [6, 6.07) is 22.5. The van der Waals surface area contributed by atoms with Crippen LogP contribution in [0, 0.1) is 0 Å². The Bertz CT molecular complexity index is 3050. The van der Waals surface area contributed by atoms with Crippen LogP contribution < -0.4 is 26.6 Å². The maximum Gasteiger partial charge on any atom is 0.222 e. The fourth-order valence-electron chi connectivity index (χ4n) is 8.39. The topological polar surface area (TPSA) is 256 Å². The van der Waals surface area contributed by atoms with Gasteiger partial charge in [0.25, 0.3) is 0 Å². The van der Waals surface area contributed by atoms with Crippen molar-refractivity contribution in [1.82, 2.24) is 69.1 Å². The molecular weight excluding hydrogens is 929 g/mol. The van der Waals surface area contributed by atoms with E-state index in [1.54, 1.807) is 36.9 Å². The molecule has 0 unspecified atom stereocenters. The van der Waals surface area contributed by atoms with Crippen molar-refractivity contribution in [2.24, 2.45) is 0 Å². The minimum Gasteiger partial charge on any atom is -0.395 e. The Morgan fingerprint density at radius 2 is 1.07 bits per heavy atom. The van der Waals surface area contributed by atoms with Crippen LogP contribution in [0.5, 0.6) is 0 Å². The second-order valence-corrected chi connectivity index (χ2v) is 17.2. The maximum absolute atomic E-state index is 11.5. The summed E-state index contributed by atoms with van der Waals surface area (Å²) in [6.45, 7) is 15.8. The second kappa shape index (κ2) is 25.5. The first kappa shape index (κ1) is 51.5. The number of nitrogens with zero attached hydrogens (tertiary/aromatic N) is 13. The van der Waals surface area contributed by atoms with E-state index in [1.807, 2.05) is 76.0 Å². The largest absolute Gasteiger partial charge is 0.395 e. The SMILES string of the molecule is CC(=O)Nc1cc(Nc2nc(-c3ccccn3)nn3ccc(CN4CCN(CCO)CC4)c23)ccn1.CCc1ccn2nc(-c3ccccn3)nc(Nc3ccnc(NC(C)=O)c3)c12.OCCN1CCNCC1. The van der Waals surface area contributed by atoms with Crippen molar-refractivity contribution < 1.29 is 19.8 Å². The van der Waals surface area contributed by atoms with Crippen LogP contribution in [-0.4, -0.2) is 165 Å². The van der Waals surface area contributed by atoms with Gasteiger partial charge in [0, 0.05) is 147 Å². The lowest BCUT2D eigenvalue weighted by molar-refractivity contribution is -0.115. The molecule has 2 fully saturated rings. The van der Waals surface area contributed by atoms with Crippen molar-refractivity contribution in [3.8, 4) is 23.0 Å². The number of pyridine rings is 4. The minimum atomic E-state index is -0.186. The molecule has 73 heavy (non-hydrogen) atoms. The summed E-state index contributed by atoms with van der Waals surface area (Å²) >= 11 is 0. The number of aliphatic hydroxyl groups is 2. The first-order valence-corrected chi connectivity index (χ1v) is 24.4. The lowest BCUT2D eigenvalue weighted by atomic mass is 10.2. The molecule has 8 aromatic heterocycles. The van der Waals surface area contributed by atoms with Crippen LogP contribution in [-0.2, 0) is 22.6 Å². The Kier molecular flexibility index (Phi) is 18.0. The summed E-state index contributed by atoms with van der Waals surface area (Å²) in [7, 11) is 0. The number of carbonyl (C=O) groups excluding carboxylic acids is 2. The van der Waals surface area contributed by atoms with Crippen LogP contribution >= 0.6 is 0 Å². The number of anilines is 6. The molecule has 0 radical (unpaired) electrons. The normalized spacial score (nSPS) is 14.2. The number of rotatable bonds is 15. The highest BCUT2D eigenvalue weighted by molar-refractivity contribution is 5.89. The fraction of sp³-hybridized carbons (Fsp3) is 0.333. The van der Waals surface area contributed by atoms with E-state index in [0.29, 0.717) is 59.5 Å². The Morgan fingerprint density at radius 3 is 1.53 bits per heavy atom. The van der Waals surface area contributed by atoms with Crippen LogP contribution in [0.1, 0.15) is 31.9 Å². The molecule has 2 aliphatic rings. The summed E-state index contributed by atoms with van der Waals surface area (Å²) in [6.07, 6.45) is 11.4. The Morgan fingerprint density at radius 1 is 0.589 bits per heavy atom. The van der Waals surface area contributed by atoms with Gasteiger partial charge in [0.1, 0.15) is 34.1 Å². The number of hydrogen-bond donors (Lipinski definition) is 7. The Hall–Kier alpha value is -7.86. The van der Waals surface area contributed by atoms with Crippen molar-refractivity contribution in [2.75, 3.05) is 99.9 Å². The molecule has 0 spiro atoms. The predicted octanol–water partition coefficient (Wildman–Crippen LogP) is 4.33. The number of aromatic nitrogens is 10. The summed E-state index contributed by atoms with van der Waals surface area (Å²) in [4.78, 5) is 56.4. The van der Waals surface area contributed by atoms with E-state index in [0.717, 1.165) is 105 Å². The van der Waals surface area contributed by atoms with E-state index in [1.165, 1.54) is 13.8 Å². The van der Waals surface area contributed by atoms with E-state index in [-0.39, 0.29) is 18.4 Å². The summed E-state index contributed by atoms with van der Waals surface area (Å²) in [5, 5.41) is 42.5. The van der Waals surface area contributed by atoms with Gasteiger partial charge in [-0.25, -0.2) is 29.0 Å². The molecule has 2 amide bonds. The molecule has 0 aliphatic carbocycles. The van der Waals surface area contributed by atoms with Crippen molar-refractivity contribution in [3.63, 3.8) is 0 Å². The molecule has 0 bridgehead atoms. The molecule has 22 heteroatoms. The number of aliphatic hydroxyl groups excluding tert-OH is 2. The number of nitrogens with one attached hydrogen (secondary N) is 5. The molecule has 0 aromatic carbocycles. The number of amides is 2. The summed E-state index contributed by atoms with van der Waals surface area (Å²) in [5.74, 6) is 2.90. The van der Waals surface area contributed by atoms with E-state index >= 15 is 0 Å². The average Bonchev–Trinajstić information content (AvgIpc) is 4.02. The number of aryl methyl sites for hydroxylation is 1. The van der Waals surface area contributed by atoms with Gasteiger partial charge in [-0.2, -0.15) is 0 Å². The van der Waals surface area contributed by atoms with Gasteiger partial charge in [-0.3, -0.25) is 34.3 Å². The molecule has 0 saturated carbocycles. The van der Waals surface area contributed by atoms with Gasteiger partial charge >= 0.3 is 0 Å². The summed E-state index contributed by atoms with van der Waals surface area (Å²) in [5.41, 5.74) is 6.88. The van der Waals surface area contributed by atoms with Gasteiger partial charge in [0.15, 0.2) is 11.6 Å². The molecule has 22 nitrogen and oxygen atoms in total. The van der Waals surface area contributed by atoms with Crippen molar-refractivity contribution in [1.29, 1.82) is 0 Å². The average molecular weight is 991 g/mol. The highest BCUT2D eigenvalue weighted by Crippen LogP contribution is 2.29. The molecule has 10 rings (SSSR count). The lowest BCUT2D eigenvalue weighted by Gasteiger charge is -2.34. The van der Waals surface area contributed by atoms with Gasteiger partial charge in [-0.1, -0.05) is 19.1 Å². The highest BCUT2D eigenvalue weighted by atomic mass is 16.3.